The molecule has 0 bridgehead atoms. The summed E-state index contributed by atoms with van der Waals surface area (Å²) in [7, 11) is 0. The fourth-order valence-electron chi connectivity index (χ4n) is 1.17. The molecule has 0 aromatic carbocycles. The fourth-order valence-corrected chi connectivity index (χ4v) is 1.17. The minimum absolute atomic E-state index is 0.0993. The molecule has 1 aromatic heterocycles. The summed E-state index contributed by atoms with van der Waals surface area (Å²) in [6.07, 6.45) is 1.18. The van der Waals surface area contributed by atoms with Crippen molar-refractivity contribution in [1.29, 1.82) is 0 Å². The summed E-state index contributed by atoms with van der Waals surface area (Å²) in [4.78, 5) is 12.9. The minimum Gasteiger partial charge on any atom is -0.389 e. The zero-order valence-corrected chi connectivity index (χ0v) is 6.40. The van der Waals surface area contributed by atoms with Crippen LogP contribution in [0, 0.1) is 0 Å². The van der Waals surface area contributed by atoms with Crippen molar-refractivity contribution in [3.05, 3.63) is 18.0 Å². The van der Waals surface area contributed by atoms with E-state index in [1.165, 1.54) is 6.20 Å². The van der Waals surface area contributed by atoms with Gasteiger partial charge in [0.05, 0.1) is 6.10 Å². The van der Waals surface area contributed by atoms with Gasteiger partial charge < -0.3 is 10.0 Å². The van der Waals surface area contributed by atoms with E-state index in [1.54, 1.807) is 11.0 Å². The van der Waals surface area contributed by atoms with Gasteiger partial charge in [-0.05, 0) is 6.07 Å². The van der Waals surface area contributed by atoms with E-state index in [4.69, 9.17) is 5.11 Å². The fraction of sp³-hybridized carbons (Fsp3) is 0.429. The molecule has 0 spiro atoms. The summed E-state index contributed by atoms with van der Waals surface area (Å²) < 4.78 is 0. The van der Waals surface area contributed by atoms with Crippen LogP contribution < -0.4 is 0 Å². The predicted molar refractivity (Wildman–Crippen MR) is 40.5 cm³/mol. The molecule has 5 heteroatoms. The van der Waals surface area contributed by atoms with E-state index in [9.17, 15) is 4.79 Å². The summed E-state index contributed by atoms with van der Waals surface area (Å²) in [6.45, 7) is 0.857. The number of aliphatic hydroxyl groups excluding tert-OH is 1. The highest BCUT2D eigenvalue weighted by atomic mass is 16.3. The van der Waals surface area contributed by atoms with Gasteiger partial charge in [0.1, 0.15) is 5.69 Å². The second-order valence-corrected chi connectivity index (χ2v) is 2.83. The Morgan fingerprint density at radius 2 is 2.50 bits per heavy atom. The van der Waals surface area contributed by atoms with Crippen molar-refractivity contribution >= 4 is 5.91 Å². The summed E-state index contributed by atoms with van der Waals surface area (Å²) in [6, 6.07) is 1.62. The number of β-amino-alcohol motifs (C(OH)–C–C–N with tert-alkyl or cyclic N) is 1. The topological polar surface area (TPSA) is 69.2 Å². The number of aromatic amines is 1. The van der Waals surface area contributed by atoms with Gasteiger partial charge in [-0.15, -0.1) is 0 Å². The number of likely N-dealkylation sites (tertiary alicyclic amines) is 1. The summed E-state index contributed by atoms with van der Waals surface area (Å²) in [5, 5.41) is 15.2. The normalized spacial score (nSPS) is 17.6. The maximum Gasteiger partial charge on any atom is 0.272 e. The van der Waals surface area contributed by atoms with Crippen LogP contribution in [0.3, 0.4) is 0 Å². The monoisotopic (exact) mass is 167 g/mol. The molecule has 0 radical (unpaired) electrons. The first-order chi connectivity index (χ1) is 5.77. The minimum atomic E-state index is -0.350. The third-order valence-electron chi connectivity index (χ3n) is 1.88. The SMILES string of the molecule is O=C(c1ccn[nH]1)N1CC(O)C1. The van der Waals surface area contributed by atoms with E-state index in [2.05, 4.69) is 10.2 Å². The van der Waals surface area contributed by atoms with E-state index < -0.39 is 0 Å². The number of carbonyl (C=O) groups excluding carboxylic acids is 1. The zero-order valence-electron chi connectivity index (χ0n) is 6.40. The second-order valence-electron chi connectivity index (χ2n) is 2.83. The molecule has 1 aliphatic rings. The molecule has 1 aromatic rings. The molecule has 0 saturated carbocycles. The van der Waals surface area contributed by atoms with Gasteiger partial charge in [-0.25, -0.2) is 0 Å². The van der Waals surface area contributed by atoms with Crippen LogP contribution in [0.4, 0.5) is 0 Å². The first kappa shape index (κ1) is 7.30. The number of nitrogens with zero attached hydrogens (tertiary/aromatic N) is 2. The highest BCUT2D eigenvalue weighted by Gasteiger charge is 2.29. The van der Waals surface area contributed by atoms with Crippen LogP contribution in [-0.2, 0) is 0 Å². The zero-order chi connectivity index (χ0) is 8.55. The third kappa shape index (κ3) is 1.08. The second kappa shape index (κ2) is 2.60. The average Bonchev–Trinajstić information content (AvgIpc) is 2.49. The maximum atomic E-state index is 11.4. The van der Waals surface area contributed by atoms with Gasteiger partial charge in [-0.3, -0.25) is 9.89 Å². The van der Waals surface area contributed by atoms with Gasteiger partial charge in [0.25, 0.3) is 5.91 Å². The first-order valence-corrected chi connectivity index (χ1v) is 3.74. The van der Waals surface area contributed by atoms with Crippen LogP contribution in [0.1, 0.15) is 10.5 Å². The summed E-state index contributed by atoms with van der Waals surface area (Å²) in [5.74, 6) is -0.0993. The van der Waals surface area contributed by atoms with Gasteiger partial charge in [-0.2, -0.15) is 5.10 Å². The van der Waals surface area contributed by atoms with E-state index in [0.29, 0.717) is 18.8 Å². The molecular formula is C7H9N3O2. The van der Waals surface area contributed by atoms with Crippen LogP contribution >= 0.6 is 0 Å². The van der Waals surface area contributed by atoms with Gasteiger partial charge in [0.15, 0.2) is 0 Å². The Balaban J connectivity index is 2.03. The number of rotatable bonds is 1. The number of aromatic nitrogens is 2. The number of carbonyl (C=O) groups is 1. The highest BCUT2D eigenvalue weighted by Crippen LogP contribution is 2.10. The molecule has 2 rings (SSSR count). The Morgan fingerprint density at radius 1 is 1.75 bits per heavy atom. The van der Waals surface area contributed by atoms with Crippen molar-refractivity contribution in [2.24, 2.45) is 0 Å². The first-order valence-electron chi connectivity index (χ1n) is 3.74. The van der Waals surface area contributed by atoms with Gasteiger partial charge >= 0.3 is 0 Å². The number of hydrogen-bond acceptors (Lipinski definition) is 3. The lowest BCUT2D eigenvalue weighted by molar-refractivity contribution is 0.00550. The van der Waals surface area contributed by atoms with Gasteiger partial charge in [0, 0.05) is 19.3 Å². The Morgan fingerprint density at radius 3 is 3.00 bits per heavy atom. The molecule has 5 nitrogen and oxygen atoms in total. The highest BCUT2D eigenvalue weighted by molar-refractivity contribution is 5.92. The lowest BCUT2D eigenvalue weighted by atomic mass is 10.1. The van der Waals surface area contributed by atoms with Crippen molar-refractivity contribution in [1.82, 2.24) is 15.1 Å². The van der Waals surface area contributed by atoms with E-state index in [-0.39, 0.29) is 12.0 Å². The largest absolute Gasteiger partial charge is 0.389 e. The van der Waals surface area contributed by atoms with Gasteiger partial charge in [0.2, 0.25) is 0 Å². The third-order valence-corrected chi connectivity index (χ3v) is 1.88. The van der Waals surface area contributed by atoms with Crippen molar-refractivity contribution in [2.75, 3.05) is 13.1 Å². The molecule has 2 N–H and O–H groups in total. The molecule has 1 amide bonds. The molecule has 64 valence electrons. The number of nitrogens with one attached hydrogen (secondary N) is 1. The standard InChI is InChI=1S/C7H9N3O2/c11-5-3-10(4-5)7(12)6-1-2-8-9-6/h1-2,5,11H,3-4H2,(H,8,9). The quantitative estimate of drug-likeness (QED) is 0.577. The van der Waals surface area contributed by atoms with Crippen molar-refractivity contribution in [2.45, 2.75) is 6.10 Å². The van der Waals surface area contributed by atoms with Crippen LogP contribution in [-0.4, -0.2) is 45.3 Å². The Labute approximate surface area is 69.0 Å². The molecule has 2 heterocycles. The van der Waals surface area contributed by atoms with E-state index in [0.717, 1.165) is 0 Å². The molecule has 0 aliphatic carbocycles. The molecule has 0 atom stereocenters. The van der Waals surface area contributed by atoms with E-state index >= 15 is 0 Å². The number of H-pyrrole nitrogens is 1. The Bertz CT molecular complexity index is 277. The van der Waals surface area contributed by atoms with Crippen LogP contribution in [0.15, 0.2) is 12.3 Å². The van der Waals surface area contributed by atoms with Crippen LogP contribution in [0.25, 0.3) is 0 Å². The average molecular weight is 167 g/mol. The molecule has 12 heavy (non-hydrogen) atoms. The molecular weight excluding hydrogens is 158 g/mol. The molecule has 1 fully saturated rings. The lowest BCUT2D eigenvalue weighted by Gasteiger charge is -2.35. The van der Waals surface area contributed by atoms with Crippen molar-refractivity contribution in [3.8, 4) is 0 Å². The molecule has 1 saturated heterocycles. The van der Waals surface area contributed by atoms with Crippen molar-refractivity contribution < 1.29 is 9.90 Å². The number of amides is 1. The Hall–Kier alpha value is -1.36. The van der Waals surface area contributed by atoms with E-state index in [1.807, 2.05) is 0 Å². The summed E-state index contributed by atoms with van der Waals surface area (Å²) >= 11 is 0. The molecule has 0 unspecified atom stereocenters. The molecule has 1 aliphatic heterocycles. The smallest absolute Gasteiger partial charge is 0.272 e. The lowest BCUT2D eigenvalue weighted by Crippen LogP contribution is -2.53. The van der Waals surface area contributed by atoms with Gasteiger partial charge in [-0.1, -0.05) is 0 Å². The van der Waals surface area contributed by atoms with Crippen LogP contribution in [0.5, 0.6) is 0 Å². The summed E-state index contributed by atoms with van der Waals surface area (Å²) in [5.41, 5.74) is 0.474. The van der Waals surface area contributed by atoms with Crippen LogP contribution in [0.2, 0.25) is 0 Å². The van der Waals surface area contributed by atoms with Crippen molar-refractivity contribution in [3.63, 3.8) is 0 Å². The number of aliphatic hydroxyl groups is 1. The predicted octanol–water partition coefficient (Wildman–Crippen LogP) is -0.774. The number of hydrogen-bond donors (Lipinski definition) is 2. The Kier molecular flexibility index (Phi) is 1.58. The maximum absolute atomic E-state index is 11.4.